The molecule has 0 bridgehead atoms. The summed E-state index contributed by atoms with van der Waals surface area (Å²) in [6.45, 7) is 0. The average Bonchev–Trinajstić information content (AvgIpc) is 2.78. The summed E-state index contributed by atoms with van der Waals surface area (Å²) in [7, 11) is -1.49. The lowest BCUT2D eigenvalue weighted by Crippen LogP contribution is -2.17. The highest BCUT2D eigenvalue weighted by Crippen LogP contribution is 2.39. The second kappa shape index (κ2) is 9.50. The summed E-state index contributed by atoms with van der Waals surface area (Å²) in [5.74, 6) is 0.471. The first-order valence-electron chi connectivity index (χ1n) is 9.36. The molecule has 3 aromatic rings. The number of methoxy groups -OCH3 is 2. The number of sulfonamides is 1. The molecule has 0 aliphatic carbocycles. The lowest BCUT2D eigenvalue weighted by Gasteiger charge is -2.21. The highest BCUT2D eigenvalue weighted by molar-refractivity contribution is 7.92. The van der Waals surface area contributed by atoms with Gasteiger partial charge in [-0.3, -0.25) is 4.72 Å². The minimum Gasteiger partial charge on any atom is -0.493 e. The van der Waals surface area contributed by atoms with Crippen LogP contribution in [0.3, 0.4) is 0 Å². The van der Waals surface area contributed by atoms with E-state index in [2.05, 4.69) is 4.72 Å². The lowest BCUT2D eigenvalue weighted by molar-refractivity contribution is -0.139. The molecule has 11 heteroatoms. The molecule has 0 amide bonds. The molecule has 2 N–H and O–H groups in total. The first-order chi connectivity index (χ1) is 15.5. The van der Waals surface area contributed by atoms with Gasteiger partial charge in [0.15, 0.2) is 11.5 Å². The lowest BCUT2D eigenvalue weighted by atomic mass is 9.95. The van der Waals surface area contributed by atoms with Gasteiger partial charge in [-0.2, -0.15) is 13.2 Å². The first kappa shape index (κ1) is 24.7. The Morgan fingerprint density at radius 3 is 2.24 bits per heavy atom. The monoisotopic (exact) mass is 501 g/mol. The summed E-state index contributed by atoms with van der Waals surface area (Å²) in [6.07, 6.45) is -6.54. The molecule has 3 aromatic carbocycles. The van der Waals surface area contributed by atoms with Crippen LogP contribution < -0.4 is 14.2 Å². The predicted molar refractivity (Wildman–Crippen MR) is 117 cm³/mol. The van der Waals surface area contributed by atoms with E-state index in [0.717, 1.165) is 12.1 Å². The standard InChI is InChI=1S/C22H19ClF3NO5S/c1-31-19-10-8-14(12-20(19)32-2)33(29,30)27-18-9-7-13(23)11-16(18)21(28)15-5-3-4-6-17(15)22(24,25)26/h3-12,21,27-28H,1-2H3. The van der Waals surface area contributed by atoms with Crippen molar-refractivity contribution in [3.8, 4) is 11.5 Å². The third kappa shape index (κ3) is 5.35. The van der Waals surface area contributed by atoms with Crippen LogP contribution in [0.15, 0.2) is 65.6 Å². The number of rotatable bonds is 7. The summed E-state index contributed by atoms with van der Waals surface area (Å²) in [6, 6.07) is 12.2. The molecule has 1 atom stereocenters. The van der Waals surface area contributed by atoms with E-state index in [1.54, 1.807) is 0 Å². The minimum atomic E-state index is -4.73. The number of benzene rings is 3. The molecule has 0 saturated heterocycles. The van der Waals surface area contributed by atoms with Gasteiger partial charge < -0.3 is 14.6 Å². The van der Waals surface area contributed by atoms with Crippen molar-refractivity contribution >= 4 is 27.3 Å². The van der Waals surface area contributed by atoms with Crippen LogP contribution in [0.2, 0.25) is 5.02 Å². The molecule has 0 heterocycles. The van der Waals surface area contributed by atoms with Crippen molar-refractivity contribution in [2.45, 2.75) is 17.2 Å². The smallest absolute Gasteiger partial charge is 0.416 e. The summed E-state index contributed by atoms with van der Waals surface area (Å²) in [5.41, 5.74) is -1.79. The molecule has 0 aromatic heterocycles. The molecule has 33 heavy (non-hydrogen) atoms. The number of anilines is 1. The van der Waals surface area contributed by atoms with Gasteiger partial charge in [0.1, 0.15) is 6.10 Å². The maximum Gasteiger partial charge on any atom is 0.416 e. The SMILES string of the molecule is COc1ccc(S(=O)(=O)Nc2ccc(Cl)cc2C(O)c2ccccc2C(F)(F)F)cc1OC. The van der Waals surface area contributed by atoms with Gasteiger partial charge in [0, 0.05) is 16.7 Å². The van der Waals surface area contributed by atoms with E-state index in [1.807, 2.05) is 0 Å². The Bertz CT molecular complexity index is 1270. The zero-order valence-electron chi connectivity index (χ0n) is 17.4. The Kier molecular flexibility index (Phi) is 7.11. The highest BCUT2D eigenvalue weighted by Gasteiger charge is 2.35. The number of ether oxygens (including phenoxy) is 2. The van der Waals surface area contributed by atoms with Crippen molar-refractivity contribution in [2.24, 2.45) is 0 Å². The maximum atomic E-state index is 13.5. The van der Waals surface area contributed by atoms with E-state index >= 15 is 0 Å². The Labute approximate surface area is 193 Å². The zero-order chi connectivity index (χ0) is 24.4. The molecular weight excluding hydrogens is 483 g/mol. The van der Waals surface area contributed by atoms with Crippen LogP contribution in [-0.2, 0) is 16.2 Å². The van der Waals surface area contributed by atoms with Crippen molar-refractivity contribution in [2.75, 3.05) is 18.9 Å². The van der Waals surface area contributed by atoms with E-state index in [9.17, 15) is 26.7 Å². The van der Waals surface area contributed by atoms with Crippen molar-refractivity contribution in [1.29, 1.82) is 0 Å². The number of nitrogens with one attached hydrogen (secondary N) is 1. The number of aliphatic hydroxyl groups excluding tert-OH is 1. The normalized spacial score (nSPS) is 12.8. The van der Waals surface area contributed by atoms with Crippen LogP contribution in [0.4, 0.5) is 18.9 Å². The van der Waals surface area contributed by atoms with Gasteiger partial charge in [-0.15, -0.1) is 0 Å². The van der Waals surface area contributed by atoms with Crippen molar-refractivity contribution < 1.29 is 36.2 Å². The second-order valence-electron chi connectivity index (χ2n) is 6.84. The molecule has 6 nitrogen and oxygen atoms in total. The van der Waals surface area contributed by atoms with E-state index in [1.165, 1.54) is 62.8 Å². The summed E-state index contributed by atoms with van der Waals surface area (Å²) < 4.78 is 78.9. The predicted octanol–water partition coefficient (Wildman–Crippen LogP) is 5.26. The van der Waals surface area contributed by atoms with E-state index in [0.29, 0.717) is 5.75 Å². The quantitative estimate of drug-likeness (QED) is 0.461. The third-order valence-electron chi connectivity index (χ3n) is 4.78. The van der Waals surface area contributed by atoms with Gasteiger partial charge >= 0.3 is 6.18 Å². The van der Waals surface area contributed by atoms with Crippen LogP contribution in [0.25, 0.3) is 0 Å². The Morgan fingerprint density at radius 2 is 1.61 bits per heavy atom. The topological polar surface area (TPSA) is 84.9 Å². The maximum absolute atomic E-state index is 13.5. The first-order valence-corrected chi connectivity index (χ1v) is 11.2. The summed E-state index contributed by atoms with van der Waals surface area (Å²) >= 11 is 6.00. The number of halogens is 4. The van der Waals surface area contributed by atoms with Gasteiger partial charge in [0.25, 0.3) is 10.0 Å². The second-order valence-corrected chi connectivity index (χ2v) is 8.96. The third-order valence-corrected chi connectivity index (χ3v) is 6.38. The van der Waals surface area contributed by atoms with Gasteiger partial charge in [0.2, 0.25) is 0 Å². The molecule has 0 aliphatic heterocycles. The van der Waals surface area contributed by atoms with Crippen LogP contribution in [-0.4, -0.2) is 27.7 Å². The van der Waals surface area contributed by atoms with Gasteiger partial charge in [-0.25, -0.2) is 8.42 Å². The van der Waals surface area contributed by atoms with E-state index < -0.39 is 33.4 Å². The van der Waals surface area contributed by atoms with Crippen LogP contribution >= 0.6 is 11.6 Å². The van der Waals surface area contributed by atoms with Crippen molar-refractivity contribution in [1.82, 2.24) is 0 Å². The van der Waals surface area contributed by atoms with Gasteiger partial charge in [0.05, 0.1) is 30.4 Å². The van der Waals surface area contributed by atoms with Crippen LogP contribution in [0.1, 0.15) is 22.8 Å². The zero-order valence-corrected chi connectivity index (χ0v) is 18.9. The van der Waals surface area contributed by atoms with Crippen LogP contribution in [0.5, 0.6) is 11.5 Å². The fourth-order valence-corrected chi connectivity index (χ4v) is 4.48. The Balaban J connectivity index is 2.06. The molecule has 1 unspecified atom stereocenters. The number of aliphatic hydroxyl groups is 1. The molecule has 0 radical (unpaired) electrons. The average molecular weight is 502 g/mol. The van der Waals surface area contributed by atoms with Gasteiger partial charge in [-0.05, 0) is 42.0 Å². The van der Waals surface area contributed by atoms with Crippen molar-refractivity contribution in [3.05, 3.63) is 82.4 Å². The molecular formula is C22H19ClF3NO5S. The number of hydrogen-bond acceptors (Lipinski definition) is 5. The van der Waals surface area contributed by atoms with Crippen LogP contribution in [0, 0.1) is 0 Å². The molecule has 0 spiro atoms. The fourth-order valence-electron chi connectivity index (χ4n) is 3.20. The van der Waals surface area contributed by atoms with E-state index in [-0.39, 0.29) is 26.9 Å². The number of hydrogen-bond donors (Lipinski definition) is 2. The minimum absolute atomic E-state index is 0.0996. The molecule has 0 fully saturated rings. The summed E-state index contributed by atoms with van der Waals surface area (Å²) in [4.78, 5) is -0.189. The number of alkyl halides is 3. The molecule has 176 valence electrons. The van der Waals surface area contributed by atoms with E-state index in [4.69, 9.17) is 21.1 Å². The molecule has 3 rings (SSSR count). The highest BCUT2D eigenvalue weighted by atomic mass is 35.5. The van der Waals surface area contributed by atoms with Gasteiger partial charge in [-0.1, -0.05) is 29.8 Å². The van der Waals surface area contributed by atoms with Crippen molar-refractivity contribution in [3.63, 3.8) is 0 Å². The molecule has 0 saturated carbocycles. The fraction of sp³-hybridized carbons (Fsp3) is 0.182. The Morgan fingerprint density at radius 1 is 0.939 bits per heavy atom. The molecule has 0 aliphatic rings. The largest absolute Gasteiger partial charge is 0.493 e. The summed E-state index contributed by atoms with van der Waals surface area (Å²) in [5, 5.41) is 10.9. The Hall–Kier alpha value is -2.95.